The Balaban J connectivity index is 1.65. The van der Waals surface area contributed by atoms with Crippen molar-refractivity contribution in [3.05, 3.63) is 29.8 Å². The van der Waals surface area contributed by atoms with Crippen molar-refractivity contribution < 1.29 is 9.84 Å². The van der Waals surface area contributed by atoms with Crippen LogP contribution in [0.3, 0.4) is 0 Å². The van der Waals surface area contributed by atoms with Gasteiger partial charge in [-0.25, -0.2) is 0 Å². The number of ether oxygens (including phenoxy) is 1. The van der Waals surface area contributed by atoms with E-state index >= 15 is 0 Å². The molecule has 1 saturated carbocycles. The molecule has 2 rings (SSSR count). The molecule has 0 aliphatic heterocycles. The Hall–Kier alpha value is -1.57. The van der Waals surface area contributed by atoms with Crippen molar-refractivity contribution in [2.45, 2.75) is 57.2 Å². The van der Waals surface area contributed by atoms with Gasteiger partial charge in [-0.2, -0.15) is 5.26 Å². The van der Waals surface area contributed by atoms with Gasteiger partial charge >= 0.3 is 0 Å². The first-order valence-electron chi connectivity index (χ1n) is 7.67. The van der Waals surface area contributed by atoms with Gasteiger partial charge in [0.25, 0.3) is 0 Å². The predicted octanol–water partition coefficient (Wildman–Crippen LogP) is 2.76. The van der Waals surface area contributed by atoms with Crippen LogP contribution < -0.4 is 10.1 Å². The zero-order valence-corrected chi connectivity index (χ0v) is 12.6. The van der Waals surface area contributed by atoms with Crippen molar-refractivity contribution in [2.75, 3.05) is 6.61 Å². The minimum atomic E-state index is -0.405. The fourth-order valence-electron chi connectivity index (χ4n) is 2.34. The lowest BCUT2D eigenvalue weighted by Gasteiger charge is -2.23. The van der Waals surface area contributed by atoms with Crippen molar-refractivity contribution in [3.63, 3.8) is 0 Å². The number of nitriles is 1. The average molecular weight is 288 g/mol. The smallest absolute Gasteiger partial charge is 0.119 e. The summed E-state index contributed by atoms with van der Waals surface area (Å²) in [6.07, 6.45) is 5.12. The third-order valence-electron chi connectivity index (χ3n) is 3.77. The molecule has 2 N–H and O–H groups in total. The van der Waals surface area contributed by atoms with Gasteiger partial charge in [-0.05, 0) is 56.7 Å². The van der Waals surface area contributed by atoms with E-state index < -0.39 is 5.54 Å². The van der Waals surface area contributed by atoms with Crippen LogP contribution in [0.15, 0.2) is 24.3 Å². The number of hydrogen-bond donors (Lipinski definition) is 2. The number of aliphatic hydroxyl groups is 1. The summed E-state index contributed by atoms with van der Waals surface area (Å²) in [5.74, 6) is 0.792. The molecule has 4 heteroatoms. The summed E-state index contributed by atoms with van der Waals surface area (Å²) in [5, 5.41) is 21.8. The van der Waals surface area contributed by atoms with E-state index in [1.54, 1.807) is 0 Å². The van der Waals surface area contributed by atoms with Crippen LogP contribution in [0.1, 0.15) is 44.6 Å². The first-order chi connectivity index (χ1) is 10.1. The third kappa shape index (κ3) is 5.37. The monoisotopic (exact) mass is 288 g/mol. The second-order valence-electron chi connectivity index (χ2n) is 5.97. The van der Waals surface area contributed by atoms with Gasteiger partial charge < -0.3 is 9.84 Å². The second-order valence-corrected chi connectivity index (χ2v) is 5.97. The molecule has 0 spiro atoms. The van der Waals surface area contributed by atoms with E-state index in [2.05, 4.69) is 11.4 Å². The lowest BCUT2D eigenvalue weighted by molar-refractivity contribution is 0.277. The van der Waals surface area contributed by atoms with E-state index in [4.69, 9.17) is 9.84 Å². The van der Waals surface area contributed by atoms with E-state index in [9.17, 15) is 5.26 Å². The van der Waals surface area contributed by atoms with Gasteiger partial charge in [-0.1, -0.05) is 12.1 Å². The number of nitrogens with zero attached hydrogens (tertiary/aromatic N) is 1. The molecular weight excluding hydrogens is 264 g/mol. The lowest BCUT2D eigenvalue weighted by Crippen LogP contribution is -2.42. The van der Waals surface area contributed by atoms with Gasteiger partial charge in [-0.3, -0.25) is 5.32 Å². The van der Waals surface area contributed by atoms with E-state index in [-0.39, 0.29) is 6.61 Å². The molecule has 1 fully saturated rings. The summed E-state index contributed by atoms with van der Waals surface area (Å²) in [4.78, 5) is 0. The molecule has 1 aliphatic rings. The quantitative estimate of drug-likeness (QED) is 0.686. The molecule has 1 atom stereocenters. The Morgan fingerprint density at radius 1 is 1.43 bits per heavy atom. The largest absolute Gasteiger partial charge is 0.494 e. The topological polar surface area (TPSA) is 65.3 Å². The zero-order chi connectivity index (χ0) is 15.1. The van der Waals surface area contributed by atoms with Crippen LogP contribution in [-0.2, 0) is 6.61 Å². The molecule has 0 heterocycles. The first kappa shape index (κ1) is 15.8. The van der Waals surface area contributed by atoms with E-state index in [1.165, 1.54) is 12.8 Å². The normalized spacial score (nSPS) is 17.0. The van der Waals surface area contributed by atoms with E-state index in [0.29, 0.717) is 12.6 Å². The summed E-state index contributed by atoms with van der Waals surface area (Å²) < 4.78 is 5.68. The SMILES string of the molecule is CC(C#N)(CCCCOc1cccc(CO)c1)NC1CC1. The van der Waals surface area contributed by atoms with Gasteiger partial charge in [0.2, 0.25) is 0 Å². The Labute approximate surface area is 126 Å². The van der Waals surface area contributed by atoms with Crippen LogP contribution in [-0.4, -0.2) is 23.3 Å². The van der Waals surface area contributed by atoms with Gasteiger partial charge in [-0.15, -0.1) is 0 Å². The number of benzene rings is 1. The maximum absolute atomic E-state index is 9.29. The Morgan fingerprint density at radius 2 is 2.24 bits per heavy atom. The average Bonchev–Trinajstić information content (AvgIpc) is 3.31. The number of unbranched alkanes of at least 4 members (excludes halogenated alkanes) is 1. The van der Waals surface area contributed by atoms with Crippen molar-refractivity contribution in [1.29, 1.82) is 5.26 Å². The van der Waals surface area contributed by atoms with Crippen LogP contribution in [0.4, 0.5) is 0 Å². The van der Waals surface area contributed by atoms with Crippen LogP contribution in [0.25, 0.3) is 0 Å². The minimum absolute atomic E-state index is 0.0323. The van der Waals surface area contributed by atoms with Crippen LogP contribution in [0.5, 0.6) is 5.75 Å². The van der Waals surface area contributed by atoms with Gasteiger partial charge in [0.1, 0.15) is 11.3 Å². The highest BCUT2D eigenvalue weighted by Crippen LogP contribution is 2.24. The van der Waals surface area contributed by atoms with Crippen molar-refractivity contribution >= 4 is 0 Å². The molecular formula is C17H24N2O2. The summed E-state index contributed by atoms with van der Waals surface area (Å²) in [5.41, 5.74) is 0.455. The van der Waals surface area contributed by atoms with Gasteiger partial charge in [0.05, 0.1) is 19.3 Å². The molecule has 1 aliphatic carbocycles. The van der Waals surface area contributed by atoms with Crippen LogP contribution in [0, 0.1) is 11.3 Å². The maximum Gasteiger partial charge on any atom is 0.119 e. The highest BCUT2D eigenvalue weighted by molar-refractivity contribution is 5.27. The molecule has 1 aromatic rings. The second kappa shape index (κ2) is 7.44. The molecule has 1 unspecified atom stereocenters. The Bertz CT molecular complexity index is 494. The van der Waals surface area contributed by atoms with Gasteiger partial charge in [0.15, 0.2) is 0 Å². The van der Waals surface area contributed by atoms with Crippen molar-refractivity contribution in [1.82, 2.24) is 5.32 Å². The number of hydrogen-bond acceptors (Lipinski definition) is 4. The fourth-order valence-corrected chi connectivity index (χ4v) is 2.34. The summed E-state index contributed by atoms with van der Waals surface area (Å²) in [6, 6.07) is 10.4. The molecule has 4 nitrogen and oxygen atoms in total. The third-order valence-corrected chi connectivity index (χ3v) is 3.77. The molecule has 0 bridgehead atoms. The predicted molar refractivity (Wildman–Crippen MR) is 81.9 cm³/mol. The Morgan fingerprint density at radius 3 is 2.90 bits per heavy atom. The number of nitrogens with one attached hydrogen (secondary N) is 1. The standard InChI is InChI=1S/C17H24N2O2/c1-17(13-18,19-15-7-8-15)9-2-3-10-21-16-6-4-5-14(11-16)12-20/h4-6,11,15,19-20H,2-3,7-10,12H2,1H3. The molecule has 1 aromatic carbocycles. The summed E-state index contributed by atoms with van der Waals surface area (Å²) in [7, 11) is 0. The van der Waals surface area contributed by atoms with Gasteiger partial charge in [0, 0.05) is 6.04 Å². The van der Waals surface area contributed by atoms with Crippen LogP contribution in [0.2, 0.25) is 0 Å². The van der Waals surface area contributed by atoms with E-state index in [0.717, 1.165) is 30.6 Å². The number of rotatable bonds is 9. The van der Waals surface area contributed by atoms with Crippen molar-refractivity contribution in [3.8, 4) is 11.8 Å². The first-order valence-corrected chi connectivity index (χ1v) is 7.67. The molecule has 0 saturated heterocycles. The molecule has 0 amide bonds. The zero-order valence-electron chi connectivity index (χ0n) is 12.6. The molecule has 114 valence electrons. The highest BCUT2D eigenvalue weighted by Gasteiger charge is 2.31. The van der Waals surface area contributed by atoms with Crippen molar-refractivity contribution in [2.24, 2.45) is 0 Å². The van der Waals surface area contributed by atoms with Crippen LogP contribution >= 0.6 is 0 Å². The lowest BCUT2D eigenvalue weighted by atomic mass is 9.96. The van der Waals surface area contributed by atoms with E-state index in [1.807, 2.05) is 31.2 Å². The Kier molecular flexibility index (Phi) is 5.60. The summed E-state index contributed by atoms with van der Waals surface area (Å²) in [6.45, 7) is 2.65. The molecule has 0 aromatic heterocycles. The molecule has 0 radical (unpaired) electrons. The molecule has 21 heavy (non-hydrogen) atoms. The fraction of sp³-hybridized carbons (Fsp3) is 0.588. The minimum Gasteiger partial charge on any atom is -0.494 e. The summed E-state index contributed by atoms with van der Waals surface area (Å²) >= 11 is 0. The number of aliphatic hydroxyl groups excluding tert-OH is 1. The highest BCUT2D eigenvalue weighted by atomic mass is 16.5. The maximum atomic E-state index is 9.29.